The highest BCUT2D eigenvalue weighted by Crippen LogP contribution is 2.49. The molecule has 5 fully saturated rings. The van der Waals surface area contributed by atoms with Gasteiger partial charge in [-0.25, -0.2) is 4.79 Å². The first-order valence-electron chi connectivity index (χ1n) is 16.5. The first-order valence-corrected chi connectivity index (χ1v) is 16.5. The van der Waals surface area contributed by atoms with Crippen molar-refractivity contribution in [2.24, 2.45) is 23.7 Å². The Balaban J connectivity index is 1.47. The van der Waals surface area contributed by atoms with Crippen LogP contribution in [0.15, 0.2) is 0 Å². The molecule has 0 amide bonds. The normalized spacial score (nSPS) is 50.8. The second kappa shape index (κ2) is 12.9. The van der Waals surface area contributed by atoms with E-state index in [0.29, 0.717) is 32.5 Å². The Bertz CT molecular complexity index is 1040. The van der Waals surface area contributed by atoms with E-state index in [9.17, 15) is 19.8 Å². The smallest absolute Gasteiger partial charge is 0.457 e. The molecule has 44 heavy (non-hydrogen) atoms. The van der Waals surface area contributed by atoms with Crippen LogP contribution in [0.4, 0.5) is 4.79 Å². The van der Waals surface area contributed by atoms with Crippen molar-refractivity contribution in [2.45, 2.75) is 141 Å². The van der Waals surface area contributed by atoms with Gasteiger partial charge in [0.05, 0.1) is 49.1 Å². The summed E-state index contributed by atoms with van der Waals surface area (Å²) in [6, 6.07) is -0.169. The lowest BCUT2D eigenvalue weighted by Crippen LogP contribution is -2.61. The number of aliphatic hydroxyl groups excluding tert-OH is 2. The molecule has 5 aliphatic heterocycles. The van der Waals surface area contributed by atoms with Crippen molar-refractivity contribution in [1.82, 2.24) is 4.90 Å². The highest BCUT2D eigenvalue weighted by atomic mass is 16.8. The summed E-state index contributed by atoms with van der Waals surface area (Å²) >= 11 is 0. The number of aliphatic hydroxyl groups is 2. The molecule has 5 aliphatic rings. The van der Waals surface area contributed by atoms with Crippen molar-refractivity contribution in [2.75, 3.05) is 26.3 Å². The summed E-state index contributed by atoms with van der Waals surface area (Å²) in [4.78, 5) is 28.2. The number of carbonyl (C=O) groups excluding carboxylic acids is 2. The molecule has 0 radical (unpaired) electrons. The zero-order chi connectivity index (χ0) is 32.1. The largest absolute Gasteiger partial charge is 0.509 e. The molecular formula is C32H53NO11. The van der Waals surface area contributed by atoms with E-state index in [0.717, 1.165) is 13.1 Å². The molecule has 0 aromatic heterocycles. The number of hydrogen-bond acceptors (Lipinski definition) is 12. The zero-order valence-corrected chi connectivity index (χ0v) is 27.5. The number of morpholine rings is 1. The summed E-state index contributed by atoms with van der Waals surface area (Å²) in [5, 5.41) is 23.2. The van der Waals surface area contributed by atoms with E-state index in [1.54, 1.807) is 13.8 Å². The van der Waals surface area contributed by atoms with E-state index in [1.807, 2.05) is 34.6 Å². The lowest BCUT2D eigenvalue weighted by atomic mass is 9.76. The molecule has 0 aromatic rings. The third-order valence-electron chi connectivity index (χ3n) is 11.0. The van der Waals surface area contributed by atoms with E-state index >= 15 is 0 Å². The number of ether oxygens (including phenoxy) is 7. The van der Waals surface area contributed by atoms with Gasteiger partial charge in [0.1, 0.15) is 18.3 Å². The fraction of sp³-hybridized carbons (Fsp3) is 0.938. The molecule has 5 rings (SSSR count). The Kier molecular flexibility index (Phi) is 9.93. The SMILES string of the molecule is CC[C@H]1OC(=O)O[C@@]1(C)[C@@H]1OC(=O)[C@H](C)[C@@H](O)[C@H](C)[C@@H](O[C@@H]2OC(C)CC(N3CCOCC3)C2O)[C@]2(C)CC(C)C(O2)[C@@H]1C. The third-order valence-corrected chi connectivity index (χ3v) is 11.0. The minimum atomic E-state index is -1.24. The number of carbonyl (C=O) groups is 2. The van der Waals surface area contributed by atoms with Gasteiger partial charge in [0.25, 0.3) is 0 Å². The molecule has 5 unspecified atom stereocenters. The number of hydrogen-bond donors (Lipinski definition) is 2. The van der Waals surface area contributed by atoms with Crippen LogP contribution in [0.3, 0.4) is 0 Å². The van der Waals surface area contributed by atoms with E-state index in [4.69, 9.17) is 33.2 Å². The molecule has 15 atom stereocenters. The summed E-state index contributed by atoms with van der Waals surface area (Å²) < 4.78 is 42.8. The van der Waals surface area contributed by atoms with Gasteiger partial charge in [0.2, 0.25) is 0 Å². The van der Waals surface area contributed by atoms with Crippen molar-refractivity contribution in [3.05, 3.63) is 0 Å². The summed E-state index contributed by atoms with van der Waals surface area (Å²) in [6.07, 6.45) is -4.93. The van der Waals surface area contributed by atoms with E-state index in [2.05, 4.69) is 11.8 Å². The Morgan fingerprint density at radius 1 is 0.977 bits per heavy atom. The van der Waals surface area contributed by atoms with E-state index in [-0.39, 0.29) is 18.1 Å². The second-order valence-electron chi connectivity index (χ2n) is 14.3. The summed E-state index contributed by atoms with van der Waals surface area (Å²) in [5.41, 5.74) is -2.14. The molecule has 2 N–H and O–H groups in total. The van der Waals surface area contributed by atoms with Gasteiger partial charge < -0.3 is 43.4 Å². The van der Waals surface area contributed by atoms with Gasteiger partial charge in [0.15, 0.2) is 11.9 Å². The van der Waals surface area contributed by atoms with Gasteiger partial charge in [-0.05, 0) is 52.9 Å². The number of cyclic esters (lactones) is 3. The molecule has 12 heteroatoms. The van der Waals surface area contributed by atoms with Crippen molar-refractivity contribution < 1.29 is 53.0 Å². The van der Waals surface area contributed by atoms with Gasteiger partial charge in [-0.2, -0.15) is 0 Å². The second-order valence-corrected chi connectivity index (χ2v) is 14.3. The van der Waals surface area contributed by atoms with Crippen LogP contribution in [0.2, 0.25) is 0 Å². The first kappa shape index (κ1) is 33.8. The maximum Gasteiger partial charge on any atom is 0.509 e. The van der Waals surface area contributed by atoms with Crippen molar-refractivity contribution >= 4 is 12.1 Å². The summed E-state index contributed by atoms with van der Waals surface area (Å²) in [6.45, 7) is 17.7. The third kappa shape index (κ3) is 6.12. The summed E-state index contributed by atoms with van der Waals surface area (Å²) in [5.74, 6) is -2.53. The molecule has 0 aromatic carbocycles. The predicted octanol–water partition coefficient (Wildman–Crippen LogP) is 2.65. The maximum absolute atomic E-state index is 13.7. The van der Waals surface area contributed by atoms with Gasteiger partial charge in [-0.15, -0.1) is 0 Å². The fourth-order valence-electron chi connectivity index (χ4n) is 8.58. The van der Waals surface area contributed by atoms with Gasteiger partial charge in [-0.3, -0.25) is 9.69 Å². The lowest BCUT2D eigenvalue weighted by molar-refractivity contribution is -0.303. The molecule has 5 saturated heterocycles. The topological polar surface area (TPSA) is 142 Å². The maximum atomic E-state index is 13.7. The Hall–Kier alpha value is -1.54. The molecule has 0 spiro atoms. The number of esters is 1. The van der Waals surface area contributed by atoms with Crippen LogP contribution in [0, 0.1) is 23.7 Å². The van der Waals surface area contributed by atoms with Gasteiger partial charge >= 0.3 is 12.1 Å². The predicted molar refractivity (Wildman–Crippen MR) is 156 cm³/mol. The quantitative estimate of drug-likeness (QED) is 0.433. The Labute approximate surface area is 260 Å². The molecule has 0 aliphatic carbocycles. The van der Waals surface area contributed by atoms with Crippen LogP contribution in [0.1, 0.15) is 74.7 Å². The van der Waals surface area contributed by atoms with Crippen LogP contribution in [-0.2, 0) is 38.0 Å². The summed E-state index contributed by atoms with van der Waals surface area (Å²) in [7, 11) is 0. The number of nitrogens with zero attached hydrogens (tertiary/aromatic N) is 1. The van der Waals surface area contributed by atoms with Gasteiger partial charge in [-0.1, -0.05) is 27.7 Å². The van der Waals surface area contributed by atoms with Gasteiger partial charge in [0, 0.05) is 31.0 Å². The van der Waals surface area contributed by atoms with Crippen LogP contribution >= 0.6 is 0 Å². The van der Waals surface area contributed by atoms with Crippen molar-refractivity contribution in [3.8, 4) is 0 Å². The number of rotatable bonds is 5. The molecule has 0 saturated carbocycles. The highest BCUT2D eigenvalue weighted by molar-refractivity contribution is 5.73. The van der Waals surface area contributed by atoms with E-state index < -0.39 is 84.0 Å². The molecule has 252 valence electrons. The average Bonchev–Trinajstić information content (AvgIpc) is 3.47. The zero-order valence-electron chi connectivity index (χ0n) is 27.5. The number of fused-ring (bicyclic) bond motifs is 2. The van der Waals surface area contributed by atoms with Crippen LogP contribution in [0.25, 0.3) is 0 Å². The molecule has 2 bridgehead atoms. The van der Waals surface area contributed by atoms with Crippen LogP contribution < -0.4 is 0 Å². The lowest BCUT2D eigenvalue weighted by Gasteiger charge is -2.48. The van der Waals surface area contributed by atoms with Crippen LogP contribution in [0.5, 0.6) is 0 Å². The van der Waals surface area contributed by atoms with Crippen molar-refractivity contribution in [3.63, 3.8) is 0 Å². The molecular weight excluding hydrogens is 574 g/mol. The minimum Gasteiger partial charge on any atom is -0.457 e. The van der Waals surface area contributed by atoms with E-state index in [1.165, 1.54) is 0 Å². The standard InChI is InChI=1S/C32H53NO11/c1-9-22-32(8,44-30(37)40-22)27-20(6)25-16(2)15-31(7,43-25)26(18(4)23(34)19(5)28(36)41-27)42-29-24(35)21(14-17(3)39-29)33-10-12-38-13-11-33/h16-27,29,34-35H,9-15H2,1-8H3/t16?,17?,18-,19+,20-,21?,22+,23-,24?,25?,26+,27+,29-,31-,32+/m0/s1. The monoisotopic (exact) mass is 627 g/mol. The van der Waals surface area contributed by atoms with Crippen LogP contribution in [-0.4, -0.2) is 120 Å². The Morgan fingerprint density at radius 2 is 1.66 bits per heavy atom. The Morgan fingerprint density at radius 3 is 2.32 bits per heavy atom. The molecule has 12 nitrogen and oxygen atoms in total. The van der Waals surface area contributed by atoms with Crippen molar-refractivity contribution in [1.29, 1.82) is 0 Å². The fourth-order valence-corrected chi connectivity index (χ4v) is 8.58. The molecule has 5 heterocycles. The minimum absolute atomic E-state index is 0.00224. The first-order chi connectivity index (χ1) is 20.7. The highest BCUT2D eigenvalue weighted by Gasteiger charge is 2.61. The average molecular weight is 628 g/mol.